The van der Waals surface area contributed by atoms with Gasteiger partial charge in [0.05, 0.1) is 18.3 Å². The molecule has 0 atom stereocenters. The van der Waals surface area contributed by atoms with Gasteiger partial charge in [0.15, 0.2) is 11.5 Å². The van der Waals surface area contributed by atoms with Crippen molar-refractivity contribution in [1.29, 1.82) is 0 Å². The molecule has 8 nitrogen and oxygen atoms in total. The first kappa shape index (κ1) is 18.1. The van der Waals surface area contributed by atoms with Crippen molar-refractivity contribution in [3.8, 4) is 11.5 Å². The summed E-state index contributed by atoms with van der Waals surface area (Å²) in [6.07, 6.45) is 2.99. The van der Waals surface area contributed by atoms with Crippen molar-refractivity contribution < 1.29 is 19.1 Å². The van der Waals surface area contributed by atoms with E-state index in [2.05, 4.69) is 15.6 Å². The van der Waals surface area contributed by atoms with Crippen LogP contribution in [0.15, 0.2) is 42.5 Å². The topological polar surface area (TPSA) is 95.3 Å². The van der Waals surface area contributed by atoms with Gasteiger partial charge in [-0.05, 0) is 35.9 Å². The highest BCUT2D eigenvalue weighted by Crippen LogP contribution is 2.28. The summed E-state index contributed by atoms with van der Waals surface area (Å²) >= 11 is 0. The Morgan fingerprint density at radius 1 is 1.19 bits per heavy atom. The molecule has 0 aliphatic heterocycles. The number of nitrogens with zero attached hydrogens (tertiary/aromatic N) is 3. The zero-order valence-corrected chi connectivity index (χ0v) is 15.1. The summed E-state index contributed by atoms with van der Waals surface area (Å²) in [7, 11) is 3.27. The normalized spacial score (nSPS) is 10.9. The molecule has 2 aromatic carbocycles. The van der Waals surface area contributed by atoms with E-state index in [1.54, 1.807) is 42.1 Å². The molecule has 0 bridgehead atoms. The van der Waals surface area contributed by atoms with E-state index in [0.29, 0.717) is 22.5 Å². The van der Waals surface area contributed by atoms with Gasteiger partial charge in [0.2, 0.25) is 5.91 Å². The van der Waals surface area contributed by atoms with Crippen LogP contribution in [0, 0.1) is 0 Å². The summed E-state index contributed by atoms with van der Waals surface area (Å²) in [6, 6.07) is 10.5. The first-order valence-electron chi connectivity index (χ1n) is 8.12. The molecule has 0 saturated carbocycles. The standard InChI is InChI=1S/C19H18N4O4/c1-12(24)27-17-11-13(7-9-16(17)26-3)8-10-18(25)20-14-5-4-6-15-19(14)21-22-23(15)2/h4-11H,1-3H3,(H,20,25)/b10-8+. The Balaban J connectivity index is 1.77. The molecular weight excluding hydrogens is 348 g/mol. The molecule has 1 heterocycles. The average molecular weight is 366 g/mol. The number of methoxy groups -OCH3 is 1. The maximum atomic E-state index is 12.3. The van der Waals surface area contributed by atoms with Crippen LogP contribution < -0.4 is 14.8 Å². The molecule has 8 heteroatoms. The van der Waals surface area contributed by atoms with E-state index in [9.17, 15) is 9.59 Å². The minimum absolute atomic E-state index is 0.289. The lowest BCUT2D eigenvalue weighted by molar-refractivity contribution is -0.132. The van der Waals surface area contributed by atoms with Gasteiger partial charge in [-0.15, -0.1) is 5.10 Å². The van der Waals surface area contributed by atoms with E-state index in [1.807, 2.05) is 12.1 Å². The Kier molecular flexibility index (Phi) is 5.16. The number of nitrogens with one attached hydrogen (secondary N) is 1. The van der Waals surface area contributed by atoms with Crippen LogP contribution in [0.1, 0.15) is 12.5 Å². The van der Waals surface area contributed by atoms with Crippen LogP contribution in [-0.4, -0.2) is 34.0 Å². The molecule has 0 unspecified atom stereocenters. The van der Waals surface area contributed by atoms with Crippen LogP contribution in [0.3, 0.4) is 0 Å². The number of carbonyl (C=O) groups excluding carboxylic acids is 2. The van der Waals surface area contributed by atoms with E-state index < -0.39 is 5.97 Å². The second-order valence-electron chi connectivity index (χ2n) is 5.71. The predicted octanol–water partition coefficient (Wildman–Crippen LogP) is 2.55. The quantitative estimate of drug-likeness (QED) is 0.424. The van der Waals surface area contributed by atoms with Gasteiger partial charge in [-0.25, -0.2) is 4.68 Å². The van der Waals surface area contributed by atoms with Crippen molar-refractivity contribution in [3.05, 3.63) is 48.0 Å². The first-order chi connectivity index (χ1) is 13.0. The highest BCUT2D eigenvalue weighted by atomic mass is 16.6. The van der Waals surface area contributed by atoms with Gasteiger partial charge >= 0.3 is 5.97 Å². The smallest absolute Gasteiger partial charge is 0.308 e. The molecule has 3 aromatic rings. The fraction of sp³-hybridized carbons (Fsp3) is 0.158. The summed E-state index contributed by atoms with van der Waals surface area (Å²) in [6.45, 7) is 1.31. The Morgan fingerprint density at radius 3 is 2.74 bits per heavy atom. The van der Waals surface area contributed by atoms with Crippen molar-refractivity contribution in [2.24, 2.45) is 7.05 Å². The second-order valence-corrected chi connectivity index (χ2v) is 5.71. The minimum atomic E-state index is -0.454. The summed E-state index contributed by atoms with van der Waals surface area (Å²) in [5.41, 5.74) is 2.69. The summed E-state index contributed by atoms with van der Waals surface area (Å²) < 4.78 is 11.9. The molecular formula is C19H18N4O4. The Labute approximate surface area is 155 Å². The molecule has 138 valence electrons. The third-order valence-corrected chi connectivity index (χ3v) is 3.77. The zero-order valence-electron chi connectivity index (χ0n) is 15.1. The van der Waals surface area contributed by atoms with Crippen LogP contribution in [0.5, 0.6) is 11.5 Å². The van der Waals surface area contributed by atoms with Gasteiger partial charge in [0.1, 0.15) is 5.52 Å². The Hall–Kier alpha value is -3.68. The van der Waals surface area contributed by atoms with E-state index in [0.717, 1.165) is 5.52 Å². The maximum Gasteiger partial charge on any atom is 0.308 e. The molecule has 0 aliphatic rings. The number of ether oxygens (including phenoxy) is 2. The number of hydrogen-bond donors (Lipinski definition) is 1. The Morgan fingerprint density at radius 2 is 2.00 bits per heavy atom. The third-order valence-electron chi connectivity index (χ3n) is 3.77. The van der Waals surface area contributed by atoms with Gasteiger partial charge < -0.3 is 14.8 Å². The monoisotopic (exact) mass is 366 g/mol. The van der Waals surface area contributed by atoms with Crippen molar-refractivity contribution in [1.82, 2.24) is 15.0 Å². The fourth-order valence-corrected chi connectivity index (χ4v) is 2.54. The van der Waals surface area contributed by atoms with Gasteiger partial charge in [-0.2, -0.15) is 0 Å². The number of rotatable bonds is 5. The van der Waals surface area contributed by atoms with Gasteiger partial charge in [0, 0.05) is 20.0 Å². The molecule has 27 heavy (non-hydrogen) atoms. The van der Waals surface area contributed by atoms with Crippen LogP contribution in [0.25, 0.3) is 17.1 Å². The van der Waals surface area contributed by atoms with Crippen molar-refractivity contribution in [3.63, 3.8) is 0 Å². The molecule has 1 amide bonds. The fourth-order valence-electron chi connectivity index (χ4n) is 2.54. The minimum Gasteiger partial charge on any atom is -0.493 e. The summed E-state index contributed by atoms with van der Waals surface area (Å²) in [5.74, 6) is -0.0553. The lowest BCUT2D eigenvalue weighted by atomic mass is 10.2. The number of carbonyl (C=O) groups is 2. The van der Waals surface area contributed by atoms with Gasteiger partial charge in [0.25, 0.3) is 0 Å². The number of fused-ring (bicyclic) bond motifs is 1. The molecule has 0 saturated heterocycles. The first-order valence-corrected chi connectivity index (χ1v) is 8.12. The number of benzene rings is 2. The lowest BCUT2D eigenvalue weighted by Gasteiger charge is -2.08. The number of hydrogen-bond acceptors (Lipinski definition) is 6. The van der Waals surface area contributed by atoms with E-state index in [-0.39, 0.29) is 11.7 Å². The van der Waals surface area contributed by atoms with Crippen LogP contribution in [-0.2, 0) is 16.6 Å². The van der Waals surface area contributed by atoms with Crippen LogP contribution in [0.2, 0.25) is 0 Å². The highest BCUT2D eigenvalue weighted by molar-refractivity contribution is 6.06. The van der Waals surface area contributed by atoms with Crippen LogP contribution >= 0.6 is 0 Å². The summed E-state index contributed by atoms with van der Waals surface area (Å²) in [5, 5.41) is 10.8. The summed E-state index contributed by atoms with van der Waals surface area (Å²) in [4.78, 5) is 23.5. The van der Waals surface area contributed by atoms with Gasteiger partial charge in [-0.3, -0.25) is 9.59 Å². The second kappa shape index (κ2) is 7.69. The average Bonchev–Trinajstić information content (AvgIpc) is 3.02. The predicted molar refractivity (Wildman–Crippen MR) is 100 cm³/mol. The maximum absolute atomic E-state index is 12.3. The molecule has 0 aliphatic carbocycles. The largest absolute Gasteiger partial charge is 0.493 e. The number of aromatic nitrogens is 3. The molecule has 1 aromatic heterocycles. The zero-order chi connectivity index (χ0) is 19.4. The van der Waals surface area contributed by atoms with Crippen molar-refractivity contribution in [2.75, 3.05) is 12.4 Å². The number of esters is 1. The van der Waals surface area contributed by atoms with Crippen molar-refractivity contribution in [2.45, 2.75) is 6.92 Å². The molecule has 0 spiro atoms. The van der Waals surface area contributed by atoms with E-state index in [4.69, 9.17) is 9.47 Å². The molecule has 1 N–H and O–H groups in total. The lowest BCUT2D eigenvalue weighted by Crippen LogP contribution is -2.08. The molecule has 3 rings (SSSR count). The number of anilines is 1. The number of amides is 1. The number of aryl methyl sites for hydroxylation is 1. The highest BCUT2D eigenvalue weighted by Gasteiger charge is 2.09. The molecule has 0 fully saturated rings. The molecule has 0 radical (unpaired) electrons. The van der Waals surface area contributed by atoms with Crippen LogP contribution in [0.4, 0.5) is 5.69 Å². The van der Waals surface area contributed by atoms with E-state index in [1.165, 1.54) is 20.1 Å². The third kappa shape index (κ3) is 4.12. The van der Waals surface area contributed by atoms with E-state index >= 15 is 0 Å². The van der Waals surface area contributed by atoms with Crippen molar-refractivity contribution >= 4 is 34.7 Å². The SMILES string of the molecule is COc1ccc(/C=C/C(=O)Nc2cccc3c2nnn3C)cc1OC(C)=O. The Bertz CT molecular complexity index is 1040. The van der Waals surface area contributed by atoms with Gasteiger partial charge in [-0.1, -0.05) is 17.3 Å².